The first-order valence-corrected chi connectivity index (χ1v) is 4.51. The van der Waals surface area contributed by atoms with Crippen molar-refractivity contribution < 1.29 is 9.53 Å². The number of carbonyl (C=O) groups excluding carboxylic acids is 1. The van der Waals surface area contributed by atoms with Crippen molar-refractivity contribution >= 4 is 5.97 Å². The molecule has 0 aromatic rings. The summed E-state index contributed by atoms with van der Waals surface area (Å²) in [5.41, 5.74) is 0.0479. The Morgan fingerprint density at radius 1 is 1.62 bits per heavy atom. The maximum Gasteiger partial charge on any atom is 0.311 e. The molecule has 0 aromatic heterocycles. The molecule has 3 heteroatoms. The molecule has 0 radical (unpaired) electrons. The van der Waals surface area contributed by atoms with E-state index in [2.05, 4.69) is 0 Å². The molecule has 0 spiro atoms. The van der Waals surface area contributed by atoms with E-state index in [1.165, 1.54) is 0 Å². The van der Waals surface area contributed by atoms with Crippen LogP contribution in [0, 0.1) is 28.6 Å². The molecule has 1 fully saturated rings. The minimum Gasteiger partial charge on any atom is -0.447 e. The van der Waals surface area contributed by atoms with E-state index in [1.807, 2.05) is 26.8 Å². The first kappa shape index (κ1) is 10.0. The highest BCUT2D eigenvalue weighted by Gasteiger charge is 2.59. The van der Waals surface area contributed by atoms with E-state index in [9.17, 15) is 4.79 Å². The molecule has 3 nitrogen and oxygen atoms in total. The van der Waals surface area contributed by atoms with Crippen LogP contribution in [0.4, 0.5) is 0 Å². The van der Waals surface area contributed by atoms with Crippen molar-refractivity contribution in [2.24, 2.45) is 17.3 Å². The number of hydrogen-bond acceptors (Lipinski definition) is 3. The van der Waals surface area contributed by atoms with Crippen LogP contribution in [0.15, 0.2) is 0 Å². The zero-order chi connectivity index (χ0) is 10.2. The lowest BCUT2D eigenvalue weighted by Gasteiger charge is -2.06. The van der Waals surface area contributed by atoms with Crippen LogP contribution >= 0.6 is 0 Å². The molecule has 1 aliphatic rings. The molecule has 0 saturated heterocycles. The van der Waals surface area contributed by atoms with Crippen molar-refractivity contribution in [2.75, 3.05) is 0 Å². The van der Waals surface area contributed by atoms with Gasteiger partial charge in [-0.2, -0.15) is 5.26 Å². The Kier molecular flexibility index (Phi) is 2.34. The van der Waals surface area contributed by atoms with E-state index in [4.69, 9.17) is 10.00 Å². The Morgan fingerprint density at radius 2 is 2.08 bits per heavy atom. The van der Waals surface area contributed by atoms with Gasteiger partial charge < -0.3 is 4.74 Å². The molecule has 1 aliphatic carbocycles. The zero-order valence-corrected chi connectivity index (χ0v) is 8.50. The molecular formula is C10H15NO2. The summed E-state index contributed by atoms with van der Waals surface area (Å²) < 4.78 is 4.93. The molecule has 0 N–H and O–H groups in total. The van der Waals surface area contributed by atoms with Crippen molar-refractivity contribution in [3.63, 3.8) is 0 Å². The van der Waals surface area contributed by atoms with E-state index in [0.717, 1.165) is 0 Å². The van der Waals surface area contributed by atoms with Crippen molar-refractivity contribution in [3.8, 4) is 6.07 Å². The van der Waals surface area contributed by atoms with Gasteiger partial charge in [0, 0.05) is 0 Å². The first-order valence-electron chi connectivity index (χ1n) is 4.51. The van der Waals surface area contributed by atoms with Gasteiger partial charge in [0.15, 0.2) is 6.10 Å². The summed E-state index contributed by atoms with van der Waals surface area (Å²) in [4.78, 5) is 11.4. The summed E-state index contributed by atoms with van der Waals surface area (Å²) in [7, 11) is 0. The van der Waals surface area contributed by atoms with Gasteiger partial charge in [0.1, 0.15) is 6.07 Å². The molecule has 3 unspecified atom stereocenters. The maximum absolute atomic E-state index is 11.4. The van der Waals surface area contributed by atoms with Gasteiger partial charge >= 0.3 is 5.97 Å². The largest absolute Gasteiger partial charge is 0.447 e. The Bertz CT molecular complexity index is 265. The third-order valence-electron chi connectivity index (χ3n) is 3.09. The predicted molar refractivity (Wildman–Crippen MR) is 47.6 cm³/mol. The lowest BCUT2D eigenvalue weighted by molar-refractivity contribution is -0.148. The quantitative estimate of drug-likeness (QED) is 0.609. The van der Waals surface area contributed by atoms with Crippen molar-refractivity contribution in [2.45, 2.75) is 33.8 Å². The second-order valence-electron chi connectivity index (χ2n) is 4.30. The number of hydrogen-bond donors (Lipinski definition) is 0. The number of nitrogens with zero attached hydrogens (tertiary/aromatic N) is 1. The molecule has 0 aromatic carbocycles. The van der Waals surface area contributed by atoms with Crippen molar-refractivity contribution in [3.05, 3.63) is 0 Å². The molecule has 1 rings (SSSR count). The SMILES string of the molecule is CC(C#N)OC(=O)C1C(C)C1(C)C. The van der Waals surface area contributed by atoms with Crippen molar-refractivity contribution in [1.82, 2.24) is 0 Å². The summed E-state index contributed by atoms with van der Waals surface area (Å²) in [6.45, 7) is 7.70. The number of carbonyl (C=O) groups is 1. The van der Waals surface area contributed by atoms with E-state index in [1.54, 1.807) is 6.92 Å². The van der Waals surface area contributed by atoms with Crippen LogP contribution in [-0.2, 0) is 9.53 Å². The topological polar surface area (TPSA) is 50.1 Å². The molecule has 0 aliphatic heterocycles. The lowest BCUT2D eigenvalue weighted by Crippen LogP contribution is -2.16. The highest BCUT2D eigenvalue weighted by Crippen LogP contribution is 2.58. The van der Waals surface area contributed by atoms with E-state index < -0.39 is 6.10 Å². The standard InChI is InChI=1S/C10H15NO2/c1-6(5-11)13-9(12)8-7(2)10(8,3)4/h6-8H,1-4H3. The Morgan fingerprint density at radius 3 is 2.38 bits per heavy atom. The van der Waals surface area contributed by atoms with Gasteiger partial charge in [-0.05, 0) is 18.3 Å². The maximum atomic E-state index is 11.4. The van der Waals surface area contributed by atoms with Crippen LogP contribution in [0.2, 0.25) is 0 Å². The summed E-state index contributed by atoms with van der Waals surface area (Å²) in [5, 5.41) is 8.45. The number of rotatable bonds is 2. The summed E-state index contributed by atoms with van der Waals surface area (Å²) in [5.74, 6) is 0.112. The fraction of sp³-hybridized carbons (Fsp3) is 0.800. The number of esters is 1. The van der Waals surface area contributed by atoms with E-state index in [0.29, 0.717) is 5.92 Å². The predicted octanol–water partition coefficient (Wildman–Crippen LogP) is 1.73. The summed E-state index contributed by atoms with van der Waals surface area (Å²) in [6.07, 6.45) is -0.629. The normalized spacial score (nSPS) is 31.6. The molecule has 3 atom stereocenters. The van der Waals surface area contributed by atoms with Crippen LogP contribution in [0.5, 0.6) is 0 Å². The minimum atomic E-state index is -0.629. The second kappa shape index (κ2) is 3.02. The van der Waals surface area contributed by atoms with Gasteiger partial charge in [-0.1, -0.05) is 20.8 Å². The van der Waals surface area contributed by atoms with Crippen LogP contribution in [0.3, 0.4) is 0 Å². The van der Waals surface area contributed by atoms with Gasteiger partial charge in [0.05, 0.1) is 5.92 Å². The van der Waals surface area contributed by atoms with Crippen LogP contribution < -0.4 is 0 Å². The van der Waals surface area contributed by atoms with Crippen LogP contribution in [0.25, 0.3) is 0 Å². The van der Waals surface area contributed by atoms with Crippen molar-refractivity contribution in [1.29, 1.82) is 5.26 Å². The van der Waals surface area contributed by atoms with Gasteiger partial charge in [0.25, 0.3) is 0 Å². The number of nitriles is 1. The number of ether oxygens (including phenoxy) is 1. The van der Waals surface area contributed by atoms with Gasteiger partial charge in [-0.25, -0.2) is 0 Å². The third-order valence-corrected chi connectivity index (χ3v) is 3.09. The zero-order valence-electron chi connectivity index (χ0n) is 8.50. The molecule has 13 heavy (non-hydrogen) atoms. The molecule has 1 saturated carbocycles. The van der Waals surface area contributed by atoms with Gasteiger partial charge in [-0.3, -0.25) is 4.79 Å². The highest BCUT2D eigenvalue weighted by atomic mass is 16.5. The Balaban J connectivity index is 2.49. The fourth-order valence-corrected chi connectivity index (χ4v) is 1.68. The first-order chi connectivity index (χ1) is 5.91. The van der Waals surface area contributed by atoms with Crippen LogP contribution in [-0.4, -0.2) is 12.1 Å². The lowest BCUT2D eigenvalue weighted by atomic mass is 10.1. The third kappa shape index (κ3) is 1.67. The summed E-state index contributed by atoms with van der Waals surface area (Å²) >= 11 is 0. The molecule has 0 heterocycles. The average Bonchev–Trinajstić information content (AvgIpc) is 2.51. The summed E-state index contributed by atoms with van der Waals surface area (Å²) in [6, 6.07) is 1.88. The molecular weight excluding hydrogens is 166 g/mol. The van der Waals surface area contributed by atoms with E-state index >= 15 is 0 Å². The van der Waals surface area contributed by atoms with E-state index in [-0.39, 0.29) is 17.3 Å². The second-order valence-corrected chi connectivity index (χ2v) is 4.30. The molecule has 72 valence electrons. The smallest absolute Gasteiger partial charge is 0.311 e. The highest BCUT2D eigenvalue weighted by molar-refractivity contribution is 5.77. The van der Waals surface area contributed by atoms with Gasteiger partial charge in [0.2, 0.25) is 0 Å². The monoisotopic (exact) mass is 181 g/mol. The fourth-order valence-electron chi connectivity index (χ4n) is 1.68. The average molecular weight is 181 g/mol. The van der Waals surface area contributed by atoms with Crippen LogP contribution in [0.1, 0.15) is 27.7 Å². The van der Waals surface area contributed by atoms with Gasteiger partial charge in [-0.15, -0.1) is 0 Å². The minimum absolute atomic E-state index is 0.0247. The Hall–Kier alpha value is -1.04. The molecule has 0 amide bonds. The molecule has 0 bridgehead atoms. The Labute approximate surface area is 78.7 Å².